The van der Waals surface area contributed by atoms with E-state index in [0.717, 1.165) is 12.1 Å². The minimum Gasteiger partial charge on any atom is -0.493 e. The number of halogens is 7. The van der Waals surface area contributed by atoms with Gasteiger partial charge in [0.2, 0.25) is 0 Å². The Morgan fingerprint density at radius 3 is 2.20 bits per heavy atom. The van der Waals surface area contributed by atoms with Crippen LogP contribution in [-0.2, 0) is 12.1 Å². The number of hydrogen-bond acceptors (Lipinski definition) is 1. The molecule has 0 saturated carbocycles. The van der Waals surface area contributed by atoms with E-state index in [4.69, 9.17) is 16.3 Å². The lowest BCUT2D eigenvalue weighted by Gasteiger charge is -2.15. The van der Waals surface area contributed by atoms with Gasteiger partial charge in [-0.05, 0) is 24.1 Å². The fourth-order valence-corrected chi connectivity index (χ4v) is 1.63. The second kappa shape index (κ2) is 6.56. The van der Waals surface area contributed by atoms with Crippen molar-refractivity contribution in [3.05, 3.63) is 29.3 Å². The van der Waals surface area contributed by atoms with Crippen LogP contribution < -0.4 is 4.74 Å². The van der Waals surface area contributed by atoms with Crippen LogP contribution in [0.1, 0.15) is 24.0 Å². The highest BCUT2D eigenvalue weighted by molar-refractivity contribution is 6.17. The second-order valence-corrected chi connectivity index (χ2v) is 4.30. The van der Waals surface area contributed by atoms with E-state index < -0.39 is 43.1 Å². The van der Waals surface area contributed by atoms with Crippen molar-refractivity contribution in [3.63, 3.8) is 0 Å². The third-order valence-electron chi connectivity index (χ3n) is 2.37. The molecule has 0 aromatic heterocycles. The molecule has 0 atom stereocenters. The molecule has 0 aliphatic rings. The molecule has 0 N–H and O–H groups in total. The van der Waals surface area contributed by atoms with E-state index in [1.807, 2.05) is 0 Å². The number of ether oxygens (including phenoxy) is 1. The van der Waals surface area contributed by atoms with Gasteiger partial charge in [0.15, 0.2) is 0 Å². The van der Waals surface area contributed by atoms with Gasteiger partial charge < -0.3 is 4.74 Å². The topological polar surface area (TPSA) is 9.23 Å². The number of hydrogen-bond donors (Lipinski definition) is 0. The number of rotatable bonds is 5. The summed E-state index contributed by atoms with van der Waals surface area (Å²) in [6.07, 6.45) is -10.5. The van der Waals surface area contributed by atoms with Crippen molar-refractivity contribution in [3.8, 4) is 5.75 Å². The molecule has 0 radical (unpaired) electrons. The van der Waals surface area contributed by atoms with Gasteiger partial charge in [0.1, 0.15) is 5.75 Å². The molecule has 0 unspecified atom stereocenters. The van der Waals surface area contributed by atoms with Crippen molar-refractivity contribution in [2.75, 3.05) is 6.61 Å². The molecule has 0 amide bonds. The predicted molar refractivity (Wildman–Crippen MR) is 61.8 cm³/mol. The molecule has 1 aromatic carbocycles. The van der Waals surface area contributed by atoms with Gasteiger partial charge in [-0.15, -0.1) is 11.6 Å². The summed E-state index contributed by atoms with van der Waals surface area (Å²) in [4.78, 5) is 0. The molecule has 114 valence electrons. The Morgan fingerprint density at radius 2 is 1.70 bits per heavy atom. The van der Waals surface area contributed by atoms with E-state index in [1.165, 1.54) is 6.07 Å². The molecule has 0 fully saturated rings. The molecule has 8 heteroatoms. The summed E-state index contributed by atoms with van der Waals surface area (Å²) in [5, 5.41) is 0. The summed E-state index contributed by atoms with van der Waals surface area (Å²) in [5.41, 5.74) is -0.788. The van der Waals surface area contributed by atoms with Crippen molar-refractivity contribution in [1.29, 1.82) is 0 Å². The number of alkyl halides is 7. The quantitative estimate of drug-likeness (QED) is 0.413. The average Bonchev–Trinajstić information content (AvgIpc) is 2.32. The molecule has 1 rings (SSSR count). The zero-order chi connectivity index (χ0) is 15.4. The Kier molecular flexibility index (Phi) is 5.56. The van der Waals surface area contributed by atoms with Crippen LogP contribution in [0.2, 0.25) is 0 Å². The van der Waals surface area contributed by atoms with Crippen LogP contribution in [0.5, 0.6) is 5.75 Å². The molecule has 0 bridgehead atoms. The monoisotopic (exact) mass is 320 g/mol. The summed E-state index contributed by atoms with van der Waals surface area (Å²) in [6.45, 7) is -0.442. The Hall–Kier alpha value is -1.11. The van der Waals surface area contributed by atoms with Crippen molar-refractivity contribution in [2.45, 2.75) is 31.1 Å². The van der Waals surface area contributed by atoms with Gasteiger partial charge in [0.05, 0.1) is 12.2 Å². The Bertz CT molecular complexity index is 441. The first kappa shape index (κ1) is 16.9. The summed E-state index contributed by atoms with van der Waals surface area (Å²) in [7, 11) is 0. The molecule has 1 aromatic rings. The van der Waals surface area contributed by atoms with Crippen molar-refractivity contribution in [1.82, 2.24) is 0 Å². The summed E-state index contributed by atoms with van der Waals surface area (Å²) in [6, 6.07) is 3.22. The molecule has 0 saturated heterocycles. The van der Waals surface area contributed by atoms with Crippen LogP contribution in [-0.4, -0.2) is 12.8 Å². The summed E-state index contributed by atoms with van der Waals surface area (Å²) in [5.74, 6) is -0.592. The summed E-state index contributed by atoms with van der Waals surface area (Å²) >= 11 is 5.45. The molecule has 0 aliphatic heterocycles. The fraction of sp³-hybridized carbons (Fsp3) is 0.500. The van der Waals surface area contributed by atoms with Crippen LogP contribution in [0.4, 0.5) is 26.3 Å². The highest BCUT2D eigenvalue weighted by Gasteiger charge is 2.34. The van der Waals surface area contributed by atoms with E-state index in [9.17, 15) is 26.3 Å². The minimum atomic E-state index is -4.65. The van der Waals surface area contributed by atoms with Crippen LogP contribution in [0.25, 0.3) is 0 Å². The lowest BCUT2D eigenvalue weighted by molar-refractivity contribution is -0.141. The van der Waals surface area contributed by atoms with Gasteiger partial charge in [-0.25, -0.2) is 0 Å². The Labute approximate surface area is 116 Å². The maximum Gasteiger partial charge on any atom is 0.419 e. The van der Waals surface area contributed by atoms with E-state index >= 15 is 0 Å². The highest BCUT2D eigenvalue weighted by atomic mass is 35.5. The molecule has 0 spiro atoms. The molecule has 0 heterocycles. The third kappa shape index (κ3) is 5.48. The lowest BCUT2D eigenvalue weighted by Crippen LogP contribution is -2.12. The van der Waals surface area contributed by atoms with Gasteiger partial charge in [-0.2, -0.15) is 26.3 Å². The lowest BCUT2D eigenvalue weighted by atomic mass is 10.1. The van der Waals surface area contributed by atoms with Gasteiger partial charge in [0.25, 0.3) is 0 Å². The van der Waals surface area contributed by atoms with Crippen LogP contribution in [0, 0.1) is 0 Å². The Balaban J connectivity index is 2.74. The standard InChI is InChI=1S/C12H11ClF6O/c13-7-8-2-3-10(9(6-8)12(17,18)19)20-5-1-4-11(14,15)16/h2-3,6H,1,4-5,7H2. The van der Waals surface area contributed by atoms with E-state index in [1.54, 1.807) is 0 Å². The van der Waals surface area contributed by atoms with Crippen LogP contribution in [0.3, 0.4) is 0 Å². The highest BCUT2D eigenvalue weighted by Crippen LogP contribution is 2.37. The molecule has 1 nitrogen and oxygen atoms in total. The first-order chi connectivity index (χ1) is 9.13. The average molecular weight is 321 g/mol. The molecular formula is C12H11ClF6O. The van der Waals surface area contributed by atoms with E-state index in [2.05, 4.69) is 0 Å². The Morgan fingerprint density at radius 1 is 1.05 bits per heavy atom. The predicted octanol–water partition coefficient (Wildman–Crippen LogP) is 5.17. The normalized spacial score (nSPS) is 12.6. The van der Waals surface area contributed by atoms with E-state index in [0.29, 0.717) is 0 Å². The van der Waals surface area contributed by atoms with Gasteiger partial charge in [0, 0.05) is 12.3 Å². The van der Waals surface area contributed by atoms with Gasteiger partial charge in [-0.3, -0.25) is 0 Å². The van der Waals surface area contributed by atoms with E-state index in [-0.39, 0.29) is 11.4 Å². The van der Waals surface area contributed by atoms with Crippen molar-refractivity contribution in [2.24, 2.45) is 0 Å². The molecule has 0 aliphatic carbocycles. The fourth-order valence-electron chi connectivity index (χ4n) is 1.46. The maximum atomic E-state index is 12.8. The van der Waals surface area contributed by atoms with Crippen LogP contribution >= 0.6 is 11.6 Å². The minimum absolute atomic E-state index is 0.0998. The zero-order valence-corrected chi connectivity index (χ0v) is 10.9. The second-order valence-electron chi connectivity index (χ2n) is 4.03. The van der Waals surface area contributed by atoms with Gasteiger partial charge in [-0.1, -0.05) is 6.07 Å². The molecular weight excluding hydrogens is 310 g/mol. The van der Waals surface area contributed by atoms with Gasteiger partial charge >= 0.3 is 12.4 Å². The van der Waals surface area contributed by atoms with Crippen LogP contribution in [0.15, 0.2) is 18.2 Å². The third-order valence-corrected chi connectivity index (χ3v) is 2.67. The van der Waals surface area contributed by atoms with Crippen molar-refractivity contribution < 1.29 is 31.1 Å². The largest absolute Gasteiger partial charge is 0.493 e. The summed E-state index contributed by atoms with van der Waals surface area (Å²) < 4.78 is 78.8. The first-order valence-corrected chi connectivity index (χ1v) is 6.12. The van der Waals surface area contributed by atoms with Crippen molar-refractivity contribution >= 4 is 11.6 Å². The molecule has 20 heavy (non-hydrogen) atoms. The first-order valence-electron chi connectivity index (χ1n) is 5.59. The maximum absolute atomic E-state index is 12.8. The zero-order valence-electron chi connectivity index (χ0n) is 10.1. The number of benzene rings is 1. The smallest absolute Gasteiger partial charge is 0.419 e. The SMILES string of the molecule is FC(F)(F)CCCOc1ccc(CCl)cc1C(F)(F)F.